The summed E-state index contributed by atoms with van der Waals surface area (Å²) in [5.74, 6) is 1.39. The maximum Gasteiger partial charge on any atom is 0.223 e. The number of carbonyl (C=O) groups excluding carboxylic acids is 1. The van der Waals surface area contributed by atoms with E-state index in [0.717, 1.165) is 16.5 Å². The molecule has 0 aliphatic carbocycles. The standard InChI is InChI=1S/C14H20BrNO3/c1-5-9(2)14(17)16-8-10-6-11(15)13(19-4)12(7-10)18-3/h6-7,9H,5,8H2,1-4H3,(H,16,17)/t9-/m1/s1. The fourth-order valence-electron chi connectivity index (χ4n) is 1.62. The van der Waals surface area contributed by atoms with Gasteiger partial charge in [0.15, 0.2) is 11.5 Å². The van der Waals surface area contributed by atoms with E-state index in [1.54, 1.807) is 14.2 Å². The summed E-state index contributed by atoms with van der Waals surface area (Å²) in [4.78, 5) is 11.7. The van der Waals surface area contributed by atoms with Gasteiger partial charge >= 0.3 is 0 Å². The SMILES string of the molecule is CC[C@@H](C)C(=O)NCc1cc(Br)c(OC)c(OC)c1. The van der Waals surface area contributed by atoms with Gasteiger partial charge in [-0.1, -0.05) is 13.8 Å². The Morgan fingerprint density at radius 3 is 2.58 bits per heavy atom. The molecule has 106 valence electrons. The molecule has 0 heterocycles. The van der Waals surface area contributed by atoms with Crippen LogP contribution in [-0.2, 0) is 11.3 Å². The Morgan fingerprint density at radius 2 is 2.05 bits per heavy atom. The van der Waals surface area contributed by atoms with Crippen LogP contribution in [0.25, 0.3) is 0 Å². The van der Waals surface area contributed by atoms with Gasteiger partial charge in [-0.25, -0.2) is 0 Å². The summed E-state index contributed by atoms with van der Waals surface area (Å²) in [5, 5.41) is 2.91. The number of carbonyl (C=O) groups is 1. The quantitative estimate of drug-likeness (QED) is 0.872. The first-order valence-electron chi connectivity index (χ1n) is 6.21. The van der Waals surface area contributed by atoms with E-state index in [2.05, 4.69) is 21.2 Å². The molecule has 19 heavy (non-hydrogen) atoms. The number of ether oxygens (including phenoxy) is 2. The lowest BCUT2D eigenvalue weighted by molar-refractivity contribution is -0.124. The Labute approximate surface area is 122 Å². The number of rotatable bonds is 6. The van der Waals surface area contributed by atoms with Gasteiger partial charge in [0.25, 0.3) is 0 Å². The Bertz CT molecular complexity index is 449. The van der Waals surface area contributed by atoms with Crippen molar-refractivity contribution < 1.29 is 14.3 Å². The summed E-state index contributed by atoms with van der Waals surface area (Å²) >= 11 is 3.43. The molecule has 0 spiro atoms. The molecule has 1 aromatic rings. The molecule has 0 unspecified atom stereocenters. The minimum Gasteiger partial charge on any atom is -0.493 e. The van der Waals surface area contributed by atoms with Gasteiger partial charge in [0.1, 0.15) is 0 Å². The molecule has 0 aromatic heterocycles. The van der Waals surface area contributed by atoms with Gasteiger partial charge in [0, 0.05) is 12.5 Å². The largest absolute Gasteiger partial charge is 0.493 e. The van der Waals surface area contributed by atoms with Crippen LogP contribution in [0.2, 0.25) is 0 Å². The van der Waals surface area contributed by atoms with Gasteiger partial charge in [-0.3, -0.25) is 4.79 Å². The molecule has 1 aromatic carbocycles. The van der Waals surface area contributed by atoms with Crippen LogP contribution >= 0.6 is 15.9 Å². The van der Waals surface area contributed by atoms with E-state index in [1.165, 1.54) is 0 Å². The molecule has 0 radical (unpaired) electrons. The van der Waals surface area contributed by atoms with Crippen LogP contribution in [0.3, 0.4) is 0 Å². The highest BCUT2D eigenvalue weighted by molar-refractivity contribution is 9.10. The fraction of sp³-hybridized carbons (Fsp3) is 0.500. The zero-order chi connectivity index (χ0) is 14.4. The van der Waals surface area contributed by atoms with Crippen LogP contribution in [0.4, 0.5) is 0 Å². The zero-order valence-electron chi connectivity index (χ0n) is 11.7. The summed E-state index contributed by atoms with van der Waals surface area (Å²) in [6.07, 6.45) is 0.835. The van der Waals surface area contributed by atoms with Crippen molar-refractivity contribution in [1.29, 1.82) is 0 Å². The maximum atomic E-state index is 11.7. The topological polar surface area (TPSA) is 47.6 Å². The monoisotopic (exact) mass is 329 g/mol. The summed E-state index contributed by atoms with van der Waals surface area (Å²) in [6, 6.07) is 3.78. The number of methoxy groups -OCH3 is 2. The minimum atomic E-state index is 0.0311. The van der Waals surface area contributed by atoms with Crippen molar-refractivity contribution in [2.24, 2.45) is 5.92 Å². The highest BCUT2D eigenvalue weighted by Gasteiger charge is 2.13. The van der Waals surface area contributed by atoms with Crippen molar-refractivity contribution in [3.05, 3.63) is 22.2 Å². The molecule has 0 saturated heterocycles. The van der Waals surface area contributed by atoms with Crippen LogP contribution in [0.15, 0.2) is 16.6 Å². The van der Waals surface area contributed by atoms with Crippen molar-refractivity contribution in [1.82, 2.24) is 5.32 Å². The summed E-state index contributed by atoms with van der Waals surface area (Å²) < 4.78 is 11.3. The predicted molar refractivity (Wildman–Crippen MR) is 78.5 cm³/mol. The number of hydrogen-bond acceptors (Lipinski definition) is 3. The summed E-state index contributed by atoms with van der Waals surface area (Å²) in [5.41, 5.74) is 0.959. The van der Waals surface area contributed by atoms with E-state index in [0.29, 0.717) is 18.0 Å². The van der Waals surface area contributed by atoms with Gasteiger partial charge in [-0.05, 0) is 40.0 Å². The lowest BCUT2D eigenvalue weighted by Gasteiger charge is -2.13. The number of halogens is 1. The molecule has 0 bridgehead atoms. The molecule has 1 amide bonds. The summed E-state index contributed by atoms with van der Waals surface area (Å²) in [6.45, 7) is 4.39. The Balaban J connectivity index is 2.80. The van der Waals surface area contributed by atoms with E-state index in [4.69, 9.17) is 9.47 Å². The van der Waals surface area contributed by atoms with E-state index in [-0.39, 0.29) is 11.8 Å². The van der Waals surface area contributed by atoms with Crippen LogP contribution < -0.4 is 14.8 Å². The predicted octanol–water partition coefficient (Wildman–Crippen LogP) is 3.13. The van der Waals surface area contributed by atoms with Crippen molar-refractivity contribution in [3.63, 3.8) is 0 Å². The summed E-state index contributed by atoms with van der Waals surface area (Å²) in [7, 11) is 3.18. The molecule has 4 nitrogen and oxygen atoms in total. The maximum absolute atomic E-state index is 11.7. The third kappa shape index (κ3) is 4.13. The Morgan fingerprint density at radius 1 is 1.37 bits per heavy atom. The van der Waals surface area contributed by atoms with Crippen LogP contribution in [0.5, 0.6) is 11.5 Å². The van der Waals surface area contributed by atoms with Gasteiger partial charge in [-0.2, -0.15) is 0 Å². The van der Waals surface area contributed by atoms with Crippen LogP contribution in [-0.4, -0.2) is 20.1 Å². The molecular weight excluding hydrogens is 310 g/mol. The third-order valence-electron chi connectivity index (χ3n) is 3.02. The normalized spacial score (nSPS) is 11.8. The molecular formula is C14H20BrNO3. The number of benzene rings is 1. The molecule has 0 aliphatic rings. The highest BCUT2D eigenvalue weighted by Crippen LogP contribution is 2.36. The van der Waals surface area contributed by atoms with Crippen molar-refractivity contribution >= 4 is 21.8 Å². The van der Waals surface area contributed by atoms with Gasteiger partial charge in [-0.15, -0.1) is 0 Å². The molecule has 5 heteroatoms. The average Bonchev–Trinajstić information content (AvgIpc) is 2.42. The Hall–Kier alpha value is -1.23. The fourth-order valence-corrected chi connectivity index (χ4v) is 2.27. The first kappa shape index (κ1) is 15.8. The molecule has 1 rings (SSSR count). The van der Waals surface area contributed by atoms with Crippen molar-refractivity contribution in [3.8, 4) is 11.5 Å². The zero-order valence-corrected chi connectivity index (χ0v) is 13.3. The van der Waals surface area contributed by atoms with Gasteiger partial charge < -0.3 is 14.8 Å². The molecule has 0 saturated carbocycles. The third-order valence-corrected chi connectivity index (χ3v) is 3.61. The van der Waals surface area contributed by atoms with E-state index >= 15 is 0 Å². The van der Waals surface area contributed by atoms with Gasteiger partial charge in [0.2, 0.25) is 5.91 Å². The van der Waals surface area contributed by atoms with Gasteiger partial charge in [0.05, 0.1) is 18.7 Å². The molecule has 0 aliphatic heterocycles. The van der Waals surface area contributed by atoms with E-state index in [9.17, 15) is 4.79 Å². The highest BCUT2D eigenvalue weighted by atomic mass is 79.9. The number of nitrogens with one attached hydrogen (secondary N) is 1. The van der Waals surface area contributed by atoms with E-state index in [1.807, 2.05) is 26.0 Å². The average molecular weight is 330 g/mol. The smallest absolute Gasteiger partial charge is 0.223 e. The second kappa shape index (κ2) is 7.38. The minimum absolute atomic E-state index is 0.0311. The molecule has 0 fully saturated rings. The Kier molecular flexibility index (Phi) is 6.15. The van der Waals surface area contributed by atoms with Crippen LogP contribution in [0.1, 0.15) is 25.8 Å². The number of hydrogen-bond donors (Lipinski definition) is 1. The lowest BCUT2D eigenvalue weighted by Crippen LogP contribution is -2.28. The second-order valence-corrected chi connectivity index (χ2v) is 5.19. The number of amides is 1. The van der Waals surface area contributed by atoms with Crippen molar-refractivity contribution in [2.75, 3.05) is 14.2 Å². The molecule has 1 atom stereocenters. The second-order valence-electron chi connectivity index (χ2n) is 4.34. The molecule has 1 N–H and O–H groups in total. The van der Waals surface area contributed by atoms with E-state index < -0.39 is 0 Å². The first-order chi connectivity index (χ1) is 9.03. The first-order valence-corrected chi connectivity index (χ1v) is 7.00. The lowest BCUT2D eigenvalue weighted by atomic mass is 10.1. The van der Waals surface area contributed by atoms with Crippen molar-refractivity contribution in [2.45, 2.75) is 26.8 Å². The van der Waals surface area contributed by atoms with Crippen LogP contribution in [0, 0.1) is 5.92 Å².